The summed E-state index contributed by atoms with van der Waals surface area (Å²) in [6, 6.07) is 7.84. The Labute approximate surface area is 101 Å². The van der Waals surface area contributed by atoms with Crippen LogP contribution in [-0.2, 0) is 11.3 Å². The number of carbonyl (C=O) groups is 1. The molecule has 1 aromatic carbocycles. The maximum atomic E-state index is 11.8. The first-order chi connectivity index (χ1) is 8.13. The first-order valence-electron chi connectivity index (χ1n) is 5.79. The van der Waals surface area contributed by atoms with Crippen LogP contribution in [0.1, 0.15) is 18.1 Å². The number of amidine groups is 1. The van der Waals surface area contributed by atoms with Crippen molar-refractivity contribution in [1.82, 2.24) is 9.80 Å². The van der Waals surface area contributed by atoms with Gasteiger partial charge in [0.15, 0.2) is 0 Å². The van der Waals surface area contributed by atoms with E-state index in [1.807, 2.05) is 36.1 Å². The zero-order chi connectivity index (χ0) is 12.4. The van der Waals surface area contributed by atoms with Gasteiger partial charge in [0.05, 0.1) is 6.54 Å². The van der Waals surface area contributed by atoms with Crippen LogP contribution >= 0.6 is 0 Å². The molecule has 0 aromatic heterocycles. The summed E-state index contributed by atoms with van der Waals surface area (Å²) in [5, 5.41) is 8.03. The zero-order valence-electron chi connectivity index (χ0n) is 10.2. The minimum absolute atomic E-state index is 0.0602. The maximum Gasteiger partial charge on any atom is 0.241 e. The second-order valence-electron chi connectivity index (χ2n) is 4.27. The smallest absolute Gasteiger partial charge is 0.241 e. The Balaban J connectivity index is 2.08. The van der Waals surface area contributed by atoms with Crippen molar-refractivity contribution in [3.8, 4) is 0 Å². The Kier molecular flexibility index (Phi) is 3.13. The van der Waals surface area contributed by atoms with Crippen LogP contribution < -0.4 is 0 Å². The van der Waals surface area contributed by atoms with Crippen molar-refractivity contribution >= 4 is 11.7 Å². The standard InChI is InChI=1S/C13H17N3O/c1-3-15(2)12(17)9-16-8-10-6-4-5-7-11(10)13(16)14/h4-7,14H,3,8-9H2,1-2H3. The van der Waals surface area contributed by atoms with Crippen molar-refractivity contribution < 1.29 is 4.79 Å². The Bertz CT molecular complexity index is 456. The molecule has 1 aromatic rings. The summed E-state index contributed by atoms with van der Waals surface area (Å²) in [6.45, 7) is 3.60. The van der Waals surface area contributed by atoms with Gasteiger partial charge < -0.3 is 9.80 Å². The first-order valence-corrected chi connectivity index (χ1v) is 5.79. The normalized spacial score (nSPS) is 13.8. The minimum Gasteiger partial charge on any atom is -0.345 e. The molecule has 1 N–H and O–H groups in total. The third-order valence-electron chi connectivity index (χ3n) is 3.18. The highest BCUT2D eigenvalue weighted by molar-refractivity contribution is 6.01. The fraction of sp³-hybridized carbons (Fsp3) is 0.385. The summed E-state index contributed by atoms with van der Waals surface area (Å²) in [6.07, 6.45) is 0. The summed E-state index contributed by atoms with van der Waals surface area (Å²) in [7, 11) is 1.79. The summed E-state index contributed by atoms with van der Waals surface area (Å²) >= 11 is 0. The van der Waals surface area contributed by atoms with E-state index in [9.17, 15) is 4.79 Å². The van der Waals surface area contributed by atoms with Gasteiger partial charge in [0, 0.05) is 25.7 Å². The third-order valence-corrected chi connectivity index (χ3v) is 3.18. The molecular weight excluding hydrogens is 214 g/mol. The quantitative estimate of drug-likeness (QED) is 0.852. The number of likely N-dealkylation sites (N-methyl/N-ethyl adjacent to an activating group) is 1. The van der Waals surface area contributed by atoms with Crippen LogP contribution in [0.5, 0.6) is 0 Å². The largest absolute Gasteiger partial charge is 0.345 e. The van der Waals surface area contributed by atoms with Crippen molar-refractivity contribution in [3.63, 3.8) is 0 Å². The molecule has 17 heavy (non-hydrogen) atoms. The van der Waals surface area contributed by atoms with Gasteiger partial charge in [0.2, 0.25) is 5.91 Å². The fourth-order valence-corrected chi connectivity index (χ4v) is 1.94. The average molecular weight is 231 g/mol. The molecule has 1 aliphatic rings. The molecule has 0 atom stereocenters. The van der Waals surface area contributed by atoms with Crippen molar-refractivity contribution in [3.05, 3.63) is 35.4 Å². The lowest BCUT2D eigenvalue weighted by atomic mass is 10.1. The molecule has 0 saturated carbocycles. The number of hydrogen-bond acceptors (Lipinski definition) is 2. The molecule has 0 spiro atoms. The van der Waals surface area contributed by atoms with E-state index >= 15 is 0 Å². The monoisotopic (exact) mass is 231 g/mol. The maximum absolute atomic E-state index is 11.8. The van der Waals surface area contributed by atoms with Gasteiger partial charge in [0.1, 0.15) is 5.84 Å². The summed E-state index contributed by atoms with van der Waals surface area (Å²) < 4.78 is 0. The van der Waals surface area contributed by atoms with Gasteiger partial charge >= 0.3 is 0 Å². The first kappa shape index (κ1) is 11.6. The number of fused-ring (bicyclic) bond motifs is 1. The second kappa shape index (κ2) is 4.57. The van der Waals surface area contributed by atoms with Crippen molar-refractivity contribution in [1.29, 1.82) is 5.41 Å². The highest BCUT2D eigenvalue weighted by Crippen LogP contribution is 2.21. The topological polar surface area (TPSA) is 47.4 Å². The van der Waals surface area contributed by atoms with E-state index in [2.05, 4.69) is 0 Å². The van der Waals surface area contributed by atoms with Gasteiger partial charge in [-0.1, -0.05) is 24.3 Å². The molecule has 2 rings (SSSR count). The van der Waals surface area contributed by atoms with Crippen LogP contribution in [-0.4, -0.2) is 41.7 Å². The van der Waals surface area contributed by atoms with Crippen LogP contribution in [0.4, 0.5) is 0 Å². The highest BCUT2D eigenvalue weighted by atomic mass is 16.2. The predicted molar refractivity (Wildman–Crippen MR) is 67.0 cm³/mol. The van der Waals surface area contributed by atoms with Gasteiger partial charge in [-0.05, 0) is 12.5 Å². The number of amides is 1. The number of hydrogen-bond donors (Lipinski definition) is 1. The molecule has 1 aliphatic heterocycles. The number of carbonyl (C=O) groups excluding carboxylic acids is 1. The van der Waals surface area contributed by atoms with Crippen LogP contribution in [0.2, 0.25) is 0 Å². The van der Waals surface area contributed by atoms with E-state index in [4.69, 9.17) is 5.41 Å². The minimum atomic E-state index is 0.0602. The number of benzene rings is 1. The van der Waals surface area contributed by atoms with Crippen LogP contribution in [0.25, 0.3) is 0 Å². The van der Waals surface area contributed by atoms with E-state index in [-0.39, 0.29) is 12.5 Å². The number of nitrogens with zero attached hydrogens (tertiary/aromatic N) is 2. The van der Waals surface area contributed by atoms with Gasteiger partial charge in [-0.15, -0.1) is 0 Å². The molecule has 0 saturated heterocycles. The van der Waals surface area contributed by atoms with Crippen LogP contribution in [0, 0.1) is 5.41 Å². The Hall–Kier alpha value is -1.84. The molecule has 1 amide bonds. The number of nitrogens with one attached hydrogen (secondary N) is 1. The third kappa shape index (κ3) is 2.16. The number of rotatable bonds is 3. The molecule has 0 bridgehead atoms. The molecule has 4 nitrogen and oxygen atoms in total. The molecule has 0 aliphatic carbocycles. The molecule has 1 heterocycles. The second-order valence-corrected chi connectivity index (χ2v) is 4.27. The van der Waals surface area contributed by atoms with E-state index in [0.29, 0.717) is 18.9 Å². The SMILES string of the molecule is CCN(C)C(=O)CN1Cc2ccccc2C1=N. The Morgan fingerprint density at radius 1 is 1.47 bits per heavy atom. The average Bonchev–Trinajstić information content (AvgIpc) is 2.66. The van der Waals surface area contributed by atoms with E-state index < -0.39 is 0 Å². The van der Waals surface area contributed by atoms with E-state index in [1.54, 1.807) is 11.9 Å². The lowest BCUT2D eigenvalue weighted by Gasteiger charge is -2.21. The Morgan fingerprint density at radius 3 is 2.82 bits per heavy atom. The van der Waals surface area contributed by atoms with Gasteiger partial charge in [-0.2, -0.15) is 0 Å². The molecule has 0 fully saturated rings. The molecule has 0 radical (unpaired) electrons. The van der Waals surface area contributed by atoms with Gasteiger partial charge in [-0.3, -0.25) is 10.2 Å². The lowest BCUT2D eigenvalue weighted by molar-refractivity contribution is -0.130. The van der Waals surface area contributed by atoms with E-state index in [1.165, 1.54) is 0 Å². The van der Waals surface area contributed by atoms with Crippen molar-refractivity contribution in [2.45, 2.75) is 13.5 Å². The summed E-state index contributed by atoms with van der Waals surface area (Å²) in [4.78, 5) is 15.3. The molecular formula is C13H17N3O. The Morgan fingerprint density at radius 2 is 2.18 bits per heavy atom. The van der Waals surface area contributed by atoms with Gasteiger partial charge in [0.25, 0.3) is 0 Å². The lowest BCUT2D eigenvalue weighted by Crippen LogP contribution is -2.38. The predicted octanol–water partition coefficient (Wildman–Crippen LogP) is 1.31. The fourth-order valence-electron chi connectivity index (χ4n) is 1.94. The molecule has 4 heteroatoms. The van der Waals surface area contributed by atoms with Crippen LogP contribution in [0.15, 0.2) is 24.3 Å². The zero-order valence-corrected chi connectivity index (χ0v) is 10.2. The molecule has 0 unspecified atom stereocenters. The summed E-state index contributed by atoms with van der Waals surface area (Å²) in [5.41, 5.74) is 2.07. The molecule has 90 valence electrons. The van der Waals surface area contributed by atoms with Crippen molar-refractivity contribution in [2.75, 3.05) is 20.1 Å². The van der Waals surface area contributed by atoms with Gasteiger partial charge in [-0.25, -0.2) is 0 Å². The van der Waals surface area contributed by atoms with E-state index in [0.717, 1.165) is 11.1 Å². The summed E-state index contributed by atoms with van der Waals surface area (Å²) in [5.74, 6) is 0.517. The van der Waals surface area contributed by atoms with Crippen LogP contribution in [0.3, 0.4) is 0 Å². The highest BCUT2D eigenvalue weighted by Gasteiger charge is 2.25. The van der Waals surface area contributed by atoms with Crippen molar-refractivity contribution in [2.24, 2.45) is 0 Å².